The molecule has 0 aromatic heterocycles. The van der Waals surface area contributed by atoms with Crippen molar-refractivity contribution in [3.05, 3.63) is 30.3 Å². The van der Waals surface area contributed by atoms with Gasteiger partial charge in [-0.3, -0.25) is 0 Å². The molecule has 1 aromatic carbocycles. The standard InChI is InChI=1S/C15H21NO2/c1-2-12-7-6-8-13(11-12)16-15(17)18-14-9-4-3-5-10-14/h3-5,9-10,12-13H,2,6-8,11H2,1H3,(H,16,17). The van der Waals surface area contributed by atoms with Gasteiger partial charge in [-0.25, -0.2) is 4.79 Å². The summed E-state index contributed by atoms with van der Waals surface area (Å²) < 4.78 is 5.24. The Kier molecular flexibility index (Phi) is 4.62. The summed E-state index contributed by atoms with van der Waals surface area (Å²) in [4.78, 5) is 11.7. The summed E-state index contributed by atoms with van der Waals surface area (Å²) >= 11 is 0. The molecule has 3 nitrogen and oxygen atoms in total. The number of ether oxygens (including phenoxy) is 1. The Morgan fingerprint density at radius 3 is 2.83 bits per heavy atom. The summed E-state index contributed by atoms with van der Waals surface area (Å²) in [5.41, 5.74) is 0. The first kappa shape index (κ1) is 12.9. The smallest absolute Gasteiger partial charge is 0.410 e. The second kappa shape index (κ2) is 6.43. The number of carbonyl (C=O) groups is 1. The van der Waals surface area contributed by atoms with E-state index in [4.69, 9.17) is 4.74 Å². The van der Waals surface area contributed by atoms with Gasteiger partial charge in [0.1, 0.15) is 5.75 Å². The van der Waals surface area contributed by atoms with Gasteiger partial charge >= 0.3 is 6.09 Å². The molecule has 1 N–H and O–H groups in total. The normalized spacial score (nSPS) is 23.4. The Labute approximate surface area is 109 Å². The molecule has 0 heterocycles. The molecule has 0 saturated heterocycles. The summed E-state index contributed by atoms with van der Waals surface area (Å²) in [7, 11) is 0. The van der Waals surface area contributed by atoms with Crippen LogP contribution < -0.4 is 10.1 Å². The van der Waals surface area contributed by atoms with Crippen molar-refractivity contribution in [3.63, 3.8) is 0 Å². The van der Waals surface area contributed by atoms with E-state index in [-0.39, 0.29) is 12.1 Å². The number of benzene rings is 1. The third-order valence-electron chi connectivity index (χ3n) is 3.64. The van der Waals surface area contributed by atoms with Crippen molar-refractivity contribution >= 4 is 6.09 Å². The first-order chi connectivity index (χ1) is 8.78. The lowest BCUT2D eigenvalue weighted by Crippen LogP contribution is -2.39. The van der Waals surface area contributed by atoms with Crippen molar-refractivity contribution in [2.75, 3.05) is 0 Å². The van der Waals surface area contributed by atoms with E-state index >= 15 is 0 Å². The number of hydrogen-bond donors (Lipinski definition) is 1. The second-order valence-corrected chi connectivity index (χ2v) is 4.98. The van der Waals surface area contributed by atoms with Crippen LogP contribution in [0, 0.1) is 5.92 Å². The van der Waals surface area contributed by atoms with E-state index in [1.54, 1.807) is 12.1 Å². The van der Waals surface area contributed by atoms with E-state index in [0.717, 1.165) is 18.8 Å². The predicted octanol–water partition coefficient (Wildman–Crippen LogP) is 3.74. The Balaban J connectivity index is 1.80. The fraction of sp³-hybridized carbons (Fsp3) is 0.533. The highest BCUT2D eigenvalue weighted by Gasteiger charge is 2.22. The minimum Gasteiger partial charge on any atom is -0.410 e. The first-order valence-corrected chi connectivity index (χ1v) is 6.81. The minimum atomic E-state index is -0.331. The summed E-state index contributed by atoms with van der Waals surface area (Å²) in [6, 6.07) is 9.47. The Bertz CT molecular complexity index is 377. The average molecular weight is 247 g/mol. The van der Waals surface area contributed by atoms with Gasteiger partial charge in [-0.05, 0) is 30.9 Å². The van der Waals surface area contributed by atoms with Gasteiger partial charge in [0, 0.05) is 6.04 Å². The van der Waals surface area contributed by atoms with Crippen LogP contribution in [0.3, 0.4) is 0 Å². The molecule has 1 amide bonds. The van der Waals surface area contributed by atoms with E-state index in [1.807, 2.05) is 18.2 Å². The first-order valence-electron chi connectivity index (χ1n) is 6.81. The molecule has 3 heteroatoms. The molecular weight excluding hydrogens is 226 g/mol. The maximum absolute atomic E-state index is 11.7. The molecule has 1 saturated carbocycles. The van der Waals surface area contributed by atoms with Crippen molar-refractivity contribution in [1.82, 2.24) is 5.32 Å². The quantitative estimate of drug-likeness (QED) is 0.883. The molecular formula is C15H21NO2. The van der Waals surface area contributed by atoms with E-state index < -0.39 is 0 Å². The Morgan fingerprint density at radius 2 is 2.11 bits per heavy atom. The predicted molar refractivity (Wildman–Crippen MR) is 71.6 cm³/mol. The van der Waals surface area contributed by atoms with Crippen LogP contribution in [0.25, 0.3) is 0 Å². The van der Waals surface area contributed by atoms with Gasteiger partial charge in [0.2, 0.25) is 0 Å². The fourth-order valence-corrected chi connectivity index (χ4v) is 2.58. The van der Waals surface area contributed by atoms with Crippen LogP contribution in [-0.2, 0) is 0 Å². The van der Waals surface area contributed by atoms with Crippen LogP contribution >= 0.6 is 0 Å². The van der Waals surface area contributed by atoms with Crippen molar-refractivity contribution in [1.29, 1.82) is 0 Å². The Hall–Kier alpha value is -1.51. The zero-order valence-electron chi connectivity index (χ0n) is 10.9. The molecule has 1 aromatic rings. The second-order valence-electron chi connectivity index (χ2n) is 4.98. The number of rotatable bonds is 3. The van der Waals surface area contributed by atoms with Crippen molar-refractivity contribution in [3.8, 4) is 5.75 Å². The maximum atomic E-state index is 11.7. The van der Waals surface area contributed by atoms with Crippen molar-refractivity contribution in [2.45, 2.75) is 45.1 Å². The summed E-state index contributed by atoms with van der Waals surface area (Å²) in [6.45, 7) is 2.22. The lowest BCUT2D eigenvalue weighted by atomic mass is 9.84. The van der Waals surface area contributed by atoms with Gasteiger partial charge in [0.25, 0.3) is 0 Å². The largest absolute Gasteiger partial charge is 0.412 e. The van der Waals surface area contributed by atoms with Gasteiger partial charge < -0.3 is 10.1 Å². The maximum Gasteiger partial charge on any atom is 0.412 e. The molecule has 98 valence electrons. The summed E-state index contributed by atoms with van der Waals surface area (Å²) in [5.74, 6) is 1.35. The van der Waals surface area contributed by atoms with Crippen molar-refractivity contribution in [2.24, 2.45) is 5.92 Å². The third-order valence-corrected chi connectivity index (χ3v) is 3.64. The highest BCUT2D eigenvalue weighted by molar-refractivity contribution is 5.70. The van der Waals surface area contributed by atoms with Crippen LogP contribution in [0.4, 0.5) is 4.79 Å². The molecule has 2 unspecified atom stereocenters. The molecule has 18 heavy (non-hydrogen) atoms. The molecule has 2 atom stereocenters. The number of amides is 1. The van der Waals surface area contributed by atoms with Gasteiger partial charge in [-0.2, -0.15) is 0 Å². The lowest BCUT2D eigenvalue weighted by Gasteiger charge is -2.28. The topological polar surface area (TPSA) is 38.3 Å². The molecule has 0 bridgehead atoms. The van der Waals surface area contributed by atoms with Crippen LogP contribution in [0.1, 0.15) is 39.0 Å². The van der Waals surface area contributed by atoms with Crippen LogP contribution in [-0.4, -0.2) is 12.1 Å². The lowest BCUT2D eigenvalue weighted by molar-refractivity contribution is 0.186. The van der Waals surface area contributed by atoms with Crippen LogP contribution in [0.15, 0.2) is 30.3 Å². The average Bonchev–Trinajstić information content (AvgIpc) is 2.40. The van der Waals surface area contributed by atoms with E-state index in [1.165, 1.54) is 19.3 Å². The fourth-order valence-electron chi connectivity index (χ4n) is 2.58. The zero-order valence-corrected chi connectivity index (χ0v) is 10.9. The SMILES string of the molecule is CCC1CCCC(NC(=O)Oc2ccccc2)C1. The van der Waals surface area contributed by atoms with Gasteiger partial charge in [0.15, 0.2) is 0 Å². The van der Waals surface area contributed by atoms with E-state index in [0.29, 0.717) is 5.75 Å². The van der Waals surface area contributed by atoms with Gasteiger partial charge in [-0.15, -0.1) is 0 Å². The number of hydrogen-bond acceptors (Lipinski definition) is 2. The highest BCUT2D eigenvalue weighted by atomic mass is 16.6. The monoisotopic (exact) mass is 247 g/mol. The molecule has 1 aliphatic carbocycles. The molecule has 0 radical (unpaired) electrons. The molecule has 0 spiro atoms. The Morgan fingerprint density at radius 1 is 1.33 bits per heavy atom. The van der Waals surface area contributed by atoms with Crippen molar-refractivity contribution < 1.29 is 9.53 Å². The highest BCUT2D eigenvalue weighted by Crippen LogP contribution is 2.26. The summed E-state index contributed by atoms with van der Waals surface area (Å²) in [5, 5.41) is 2.97. The number of carbonyl (C=O) groups excluding carboxylic acids is 1. The third kappa shape index (κ3) is 3.76. The van der Waals surface area contributed by atoms with Crippen LogP contribution in [0.5, 0.6) is 5.75 Å². The molecule has 2 rings (SSSR count). The molecule has 1 aliphatic rings. The van der Waals surface area contributed by atoms with Gasteiger partial charge in [0.05, 0.1) is 0 Å². The van der Waals surface area contributed by atoms with Crippen LogP contribution in [0.2, 0.25) is 0 Å². The number of para-hydroxylation sites is 1. The molecule has 0 aliphatic heterocycles. The number of nitrogens with one attached hydrogen (secondary N) is 1. The van der Waals surface area contributed by atoms with E-state index in [2.05, 4.69) is 12.2 Å². The summed E-state index contributed by atoms with van der Waals surface area (Å²) in [6.07, 6.45) is 5.52. The minimum absolute atomic E-state index is 0.278. The van der Waals surface area contributed by atoms with E-state index in [9.17, 15) is 4.79 Å². The van der Waals surface area contributed by atoms with Gasteiger partial charge in [-0.1, -0.05) is 44.4 Å². The molecule has 1 fully saturated rings. The zero-order chi connectivity index (χ0) is 12.8.